The molecule has 144 valence electrons. The maximum Gasteiger partial charge on any atom is 0.335 e. The van der Waals surface area contributed by atoms with E-state index in [0.29, 0.717) is 11.5 Å². The molecule has 3 rings (SSSR count). The van der Waals surface area contributed by atoms with E-state index in [4.69, 9.17) is 11.6 Å². The van der Waals surface area contributed by atoms with Crippen molar-refractivity contribution in [2.24, 2.45) is 5.92 Å². The second kappa shape index (κ2) is 8.45. The Hall–Kier alpha value is -1.84. The predicted molar refractivity (Wildman–Crippen MR) is 111 cm³/mol. The summed E-state index contributed by atoms with van der Waals surface area (Å²) in [7, 11) is 0. The number of hydrogen-bond donors (Lipinski definition) is 1. The Kier molecular flexibility index (Phi) is 6.23. The van der Waals surface area contributed by atoms with Crippen molar-refractivity contribution in [3.05, 3.63) is 69.2 Å². The van der Waals surface area contributed by atoms with E-state index in [-0.39, 0.29) is 5.92 Å². The summed E-state index contributed by atoms with van der Waals surface area (Å²) >= 11 is 6.34. The van der Waals surface area contributed by atoms with E-state index < -0.39 is 5.97 Å². The molecule has 0 saturated carbocycles. The van der Waals surface area contributed by atoms with Gasteiger partial charge in [0.05, 0.1) is 5.56 Å². The maximum atomic E-state index is 11.2. The number of carboxylic acids is 1. The number of piperidine rings is 1. The zero-order valence-corrected chi connectivity index (χ0v) is 17.1. The first-order chi connectivity index (χ1) is 12.9. The molecule has 1 heterocycles. The Labute approximate surface area is 167 Å². The fraction of sp³-hybridized carbons (Fsp3) is 0.435. The van der Waals surface area contributed by atoms with Crippen molar-refractivity contribution >= 4 is 17.6 Å². The van der Waals surface area contributed by atoms with E-state index in [2.05, 4.69) is 37.8 Å². The summed E-state index contributed by atoms with van der Waals surface area (Å²) in [5.41, 5.74) is 5.14. The molecule has 1 aliphatic heterocycles. The quantitative estimate of drug-likeness (QED) is 0.736. The summed E-state index contributed by atoms with van der Waals surface area (Å²) in [5.74, 6) is -0.0709. The number of hydrogen-bond acceptors (Lipinski definition) is 2. The maximum absolute atomic E-state index is 11.2. The van der Waals surface area contributed by atoms with Crippen molar-refractivity contribution in [2.45, 2.75) is 39.5 Å². The Bertz CT molecular complexity index is 808. The number of rotatable bonds is 5. The van der Waals surface area contributed by atoms with Gasteiger partial charge in [0.1, 0.15) is 0 Å². The first-order valence-corrected chi connectivity index (χ1v) is 10.1. The molecule has 1 atom stereocenters. The molecule has 0 spiro atoms. The fourth-order valence-electron chi connectivity index (χ4n) is 4.28. The highest BCUT2D eigenvalue weighted by Gasteiger charge is 2.30. The summed E-state index contributed by atoms with van der Waals surface area (Å²) < 4.78 is 0. The summed E-state index contributed by atoms with van der Waals surface area (Å²) in [6, 6.07) is 11.7. The van der Waals surface area contributed by atoms with Crippen LogP contribution in [0.3, 0.4) is 0 Å². The van der Waals surface area contributed by atoms with Crippen LogP contribution in [0.4, 0.5) is 0 Å². The van der Waals surface area contributed by atoms with E-state index in [0.717, 1.165) is 43.1 Å². The molecule has 0 aliphatic carbocycles. The third kappa shape index (κ3) is 4.36. The first-order valence-electron chi connectivity index (χ1n) is 9.73. The minimum Gasteiger partial charge on any atom is -0.478 e. The summed E-state index contributed by atoms with van der Waals surface area (Å²) in [6.45, 7) is 9.74. The number of nitrogens with zero attached hydrogens (tertiary/aromatic N) is 1. The lowest BCUT2D eigenvalue weighted by atomic mass is 9.74. The normalized spacial score (nSPS) is 17.0. The molecule has 3 nitrogen and oxygen atoms in total. The molecule has 2 aromatic rings. The van der Waals surface area contributed by atoms with Gasteiger partial charge in [-0.15, -0.1) is 0 Å². The van der Waals surface area contributed by atoms with Crippen LogP contribution in [-0.4, -0.2) is 35.6 Å². The molecule has 4 heteroatoms. The minimum absolute atomic E-state index is 0.266. The topological polar surface area (TPSA) is 40.5 Å². The van der Waals surface area contributed by atoms with Crippen molar-refractivity contribution in [3.63, 3.8) is 0 Å². The number of carboxylic acid groups (broad SMARTS) is 1. The SMILES string of the molecule is CCN1CCC([C@H](c2ccc(C(=O)O)cc2)c2cc(C)c(Cl)cc2C)CC1. The molecule has 1 fully saturated rings. The summed E-state index contributed by atoms with van der Waals surface area (Å²) in [5, 5.41) is 10.0. The Balaban J connectivity index is 2.01. The van der Waals surface area contributed by atoms with Gasteiger partial charge in [0.15, 0.2) is 0 Å². The Morgan fingerprint density at radius 3 is 2.33 bits per heavy atom. The van der Waals surface area contributed by atoms with Gasteiger partial charge in [0, 0.05) is 10.9 Å². The van der Waals surface area contributed by atoms with E-state index in [1.54, 1.807) is 12.1 Å². The van der Waals surface area contributed by atoms with Crippen LogP contribution in [0.15, 0.2) is 36.4 Å². The number of aromatic carboxylic acids is 1. The fourth-order valence-corrected chi connectivity index (χ4v) is 4.50. The molecule has 1 aliphatic rings. The second-order valence-electron chi connectivity index (χ2n) is 7.63. The van der Waals surface area contributed by atoms with Gasteiger partial charge < -0.3 is 10.0 Å². The zero-order valence-electron chi connectivity index (χ0n) is 16.3. The van der Waals surface area contributed by atoms with Crippen molar-refractivity contribution < 1.29 is 9.90 Å². The highest BCUT2D eigenvalue weighted by Crippen LogP contribution is 2.40. The Morgan fingerprint density at radius 2 is 1.78 bits per heavy atom. The van der Waals surface area contributed by atoms with E-state index in [1.807, 2.05) is 12.1 Å². The van der Waals surface area contributed by atoms with Gasteiger partial charge in [-0.3, -0.25) is 0 Å². The molecule has 0 radical (unpaired) electrons. The van der Waals surface area contributed by atoms with Crippen LogP contribution in [0.25, 0.3) is 0 Å². The molecule has 27 heavy (non-hydrogen) atoms. The first kappa shape index (κ1) is 19.9. The standard InChI is InChI=1S/C23H28ClNO2/c1-4-25-11-9-18(10-12-25)22(17-5-7-19(8-6-17)23(26)27)20-13-16(3)21(24)14-15(20)2/h5-8,13-14,18,22H,4,9-12H2,1-3H3,(H,26,27)/t22-/m0/s1. The van der Waals surface area contributed by atoms with Crippen molar-refractivity contribution in [3.8, 4) is 0 Å². The van der Waals surface area contributed by atoms with Crippen LogP contribution in [-0.2, 0) is 0 Å². The molecule has 0 amide bonds. The van der Waals surface area contributed by atoms with E-state index in [9.17, 15) is 9.90 Å². The van der Waals surface area contributed by atoms with E-state index >= 15 is 0 Å². The van der Waals surface area contributed by atoms with Crippen LogP contribution in [0.2, 0.25) is 5.02 Å². The van der Waals surface area contributed by atoms with Gasteiger partial charge in [0.2, 0.25) is 0 Å². The predicted octanol–water partition coefficient (Wildman–Crippen LogP) is 5.52. The van der Waals surface area contributed by atoms with Crippen LogP contribution >= 0.6 is 11.6 Å². The molecule has 0 bridgehead atoms. The van der Waals surface area contributed by atoms with Gasteiger partial charge >= 0.3 is 5.97 Å². The minimum atomic E-state index is -0.882. The summed E-state index contributed by atoms with van der Waals surface area (Å²) in [6.07, 6.45) is 2.31. The number of carbonyl (C=O) groups is 1. The smallest absolute Gasteiger partial charge is 0.335 e. The average Bonchev–Trinajstić information content (AvgIpc) is 2.67. The van der Waals surface area contributed by atoms with Crippen LogP contribution in [0.5, 0.6) is 0 Å². The number of likely N-dealkylation sites (tertiary alicyclic amines) is 1. The van der Waals surface area contributed by atoms with Crippen LogP contribution in [0.1, 0.15) is 58.3 Å². The third-order valence-corrected chi connectivity index (χ3v) is 6.36. The molecular formula is C23H28ClNO2. The van der Waals surface area contributed by atoms with Gasteiger partial charge in [-0.2, -0.15) is 0 Å². The second-order valence-corrected chi connectivity index (χ2v) is 8.04. The van der Waals surface area contributed by atoms with E-state index in [1.165, 1.54) is 16.7 Å². The molecule has 0 aromatic heterocycles. The lowest BCUT2D eigenvalue weighted by Gasteiger charge is -2.37. The van der Waals surface area contributed by atoms with Gasteiger partial charge in [-0.05, 0) is 92.7 Å². The Morgan fingerprint density at radius 1 is 1.15 bits per heavy atom. The van der Waals surface area contributed by atoms with Crippen molar-refractivity contribution in [2.75, 3.05) is 19.6 Å². The molecule has 1 N–H and O–H groups in total. The zero-order chi connectivity index (χ0) is 19.6. The monoisotopic (exact) mass is 385 g/mol. The molecular weight excluding hydrogens is 358 g/mol. The van der Waals surface area contributed by atoms with Crippen LogP contribution < -0.4 is 0 Å². The molecule has 2 aromatic carbocycles. The highest BCUT2D eigenvalue weighted by molar-refractivity contribution is 6.31. The third-order valence-electron chi connectivity index (χ3n) is 5.95. The summed E-state index contributed by atoms with van der Waals surface area (Å²) in [4.78, 5) is 13.7. The number of halogens is 1. The van der Waals surface area contributed by atoms with Crippen molar-refractivity contribution in [1.82, 2.24) is 4.90 Å². The van der Waals surface area contributed by atoms with Crippen LogP contribution in [0, 0.1) is 19.8 Å². The lowest BCUT2D eigenvalue weighted by molar-refractivity contribution is 0.0697. The highest BCUT2D eigenvalue weighted by atomic mass is 35.5. The average molecular weight is 386 g/mol. The molecule has 1 saturated heterocycles. The molecule has 0 unspecified atom stereocenters. The largest absolute Gasteiger partial charge is 0.478 e. The lowest BCUT2D eigenvalue weighted by Crippen LogP contribution is -2.35. The van der Waals surface area contributed by atoms with Crippen molar-refractivity contribution in [1.29, 1.82) is 0 Å². The van der Waals surface area contributed by atoms with Gasteiger partial charge in [0.25, 0.3) is 0 Å². The van der Waals surface area contributed by atoms with Gasteiger partial charge in [-0.25, -0.2) is 4.79 Å². The number of aryl methyl sites for hydroxylation is 2. The van der Waals surface area contributed by atoms with Gasteiger partial charge in [-0.1, -0.05) is 36.7 Å². The number of benzene rings is 2.